The molecule has 0 saturated carbocycles. The standard InChI is InChI=1S/C6H2BCl5O3.H3N.4H2O/c8-1-2(9)4(11)6(15-7(13)14)5(12)3(1)10;;;;;/h13-14H;1H3;4*1H2. The average Bonchev–Trinajstić information content (AvgIpc) is 2.18. The van der Waals surface area contributed by atoms with Crippen molar-refractivity contribution in [3.8, 4) is 5.75 Å². The lowest BCUT2D eigenvalue weighted by atomic mass is 10.2. The molecule has 0 fully saturated rings. The molecule has 0 spiro atoms. The van der Waals surface area contributed by atoms with Gasteiger partial charge in [0.1, 0.15) is 15.8 Å². The fraction of sp³-hybridized carbons (Fsp3) is 0. The quantitative estimate of drug-likeness (QED) is 0.360. The van der Waals surface area contributed by atoms with Gasteiger partial charge < -0.3 is 42.8 Å². The van der Waals surface area contributed by atoms with E-state index in [0.717, 1.165) is 0 Å². The van der Waals surface area contributed by atoms with Gasteiger partial charge in [-0.1, -0.05) is 58.0 Å². The van der Waals surface area contributed by atoms with Crippen molar-refractivity contribution in [3.05, 3.63) is 25.1 Å². The molecule has 0 saturated heterocycles. The van der Waals surface area contributed by atoms with Crippen LogP contribution in [0.1, 0.15) is 0 Å². The summed E-state index contributed by atoms with van der Waals surface area (Å²) in [5.74, 6) is -0.243. The van der Waals surface area contributed by atoms with Crippen LogP contribution in [0.5, 0.6) is 5.75 Å². The third kappa shape index (κ3) is 6.81. The van der Waals surface area contributed by atoms with Gasteiger partial charge in [0, 0.05) is 0 Å². The molecule has 0 unspecified atom stereocenters. The van der Waals surface area contributed by atoms with Crippen LogP contribution in [0, 0.1) is 0 Å². The lowest BCUT2D eigenvalue weighted by molar-refractivity contribution is 0.288. The van der Waals surface area contributed by atoms with Crippen LogP contribution in [0.3, 0.4) is 0 Å². The summed E-state index contributed by atoms with van der Waals surface area (Å²) in [6.07, 6.45) is 0. The second-order valence-corrected chi connectivity index (χ2v) is 4.23. The van der Waals surface area contributed by atoms with Gasteiger partial charge in [-0.15, -0.1) is 0 Å². The molecule has 1 aromatic rings. The highest BCUT2D eigenvalue weighted by Crippen LogP contribution is 2.48. The Kier molecular flexibility index (Phi) is 20.9. The molecule has 0 aliphatic rings. The van der Waals surface area contributed by atoms with Crippen LogP contribution < -0.4 is 10.8 Å². The summed E-state index contributed by atoms with van der Waals surface area (Å²) in [5.41, 5.74) is 0. The number of hydrogen-bond acceptors (Lipinski definition) is 4. The topological polar surface area (TPSA) is 211 Å². The molecule has 20 heavy (non-hydrogen) atoms. The summed E-state index contributed by atoms with van der Waals surface area (Å²) >= 11 is 28.5. The van der Waals surface area contributed by atoms with Gasteiger partial charge in [0.05, 0.1) is 15.1 Å². The molecule has 0 bridgehead atoms. The lowest BCUT2D eigenvalue weighted by Gasteiger charge is -2.12. The summed E-state index contributed by atoms with van der Waals surface area (Å²) in [6, 6.07) is 0. The van der Waals surface area contributed by atoms with E-state index in [9.17, 15) is 0 Å². The summed E-state index contributed by atoms with van der Waals surface area (Å²) in [6.45, 7) is 0. The Balaban J connectivity index is -0.000000150. The van der Waals surface area contributed by atoms with Gasteiger partial charge in [0.15, 0.2) is 0 Å². The summed E-state index contributed by atoms with van der Waals surface area (Å²) in [4.78, 5) is 0. The van der Waals surface area contributed by atoms with Gasteiger partial charge in [-0.3, -0.25) is 0 Å². The van der Waals surface area contributed by atoms with Crippen molar-refractivity contribution in [3.63, 3.8) is 0 Å². The van der Waals surface area contributed by atoms with E-state index in [2.05, 4.69) is 4.65 Å². The first-order valence-corrected chi connectivity index (χ1v) is 5.29. The minimum atomic E-state index is -2.09. The molecular weight excluding hydrogens is 386 g/mol. The first-order chi connectivity index (χ1) is 6.86. The van der Waals surface area contributed by atoms with Gasteiger partial charge in [-0.25, -0.2) is 0 Å². The fourth-order valence-corrected chi connectivity index (χ4v) is 2.00. The largest absolute Gasteiger partial charge is 0.707 e. The third-order valence-electron chi connectivity index (χ3n) is 1.39. The number of benzene rings is 1. The maximum Gasteiger partial charge on any atom is 0.707 e. The predicted octanol–water partition coefficient (Wildman–Crippen LogP) is 0.165. The zero-order valence-corrected chi connectivity index (χ0v) is 13.3. The first kappa shape index (κ1) is 32.3. The monoisotopic (exact) mass is 397 g/mol. The Labute approximate surface area is 139 Å². The Morgan fingerprint density at radius 2 is 0.900 bits per heavy atom. The van der Waals surface area contributed by atoms with Gasteiger partial charge in [0.2, 0.25) is 0 Å². The maximum atomic E-state index is 8.60. The van der Waals surface area contributed by atoms with Crippen molar-refractivity contribution >= 4 is 65.3 Å². The molecule has 0 aromatic heterocycles. The van der Waals surface area contributed by atoms with Crippen LogP contribution in [0.25, 0.3) is 0 Å². The summed E-state index contributed by atoms with van der Waals surface area (Å²) in [5, 5.41) is 16.7. The van der Waals surface area contributed by atoms with Crippen molar-refractivity contribution in [1.82, 2.24) is 6.15 Å². The molecule has 8 nitrogen and oxygen atoms in total. The Hall–Kier alpha value is 0.255. The molecule has 1 aromatic carbocycles. The second-order valence-electron chi connectivity index (χ2n) is 2.34. The highest BCUT2D eigenvalue weighted by atomic mass is 35.5. The molecule has 0 amide bonds. The van der Waals surface area contributed by atoms with Crippen molar-refractivity contribution in [2.24, 2.45) is 0 Å². The Morgan fingerprint density at radius 1 is 0.650 bits per heavy atom. The van der Waals surface area contributed by atoms with E-state index in [1.54, 1.807) is 0 Å². The molecule has 13 N–H and O–H groups in total. The van der Waals surface area contributed by atoms with Crippen LogP contribution in [0.4, 0.5) is 0 Å². The Bertz CT molecular complexity index is 381. The smallest absolute Gasteiger partial charge is 0.509 e. The summed E-state index contributed by atoms with van der Waals surface area (Å²) in [7, 11) is -2.09. The molecule has 0 heterocycles. The zero-order chi connectivity index (χ0) is 11.7. The third-order valence-corrected chi connectivity index (χ3v) is 3.63. The van der Waals surface area contributed by atoms with Crippen LogP contribution in [-0.4, -0.2) is 39.3 Å². The van der Waals surface area contributed by atoms with E-state index in [1.165, 1.54) is 0 Å². The van der Waals surface area contributed by atoms with E-state index in [4.69, 9.17) is 68.1 Å². The molecular formula is C6H13BCl5NO7. The van der Waals surface area contributed by atoms with E-state index in [1.807, 2.05) is 0 Å². The minimum absolute atomic E-state index is 0. The SMILES string of the molecule is N.O.O.O.O.OB(O)Oc1c(Cl)c(Cl)c(Cl)c(Cl)c1Cl. The highest BCUT2D eigenvalue weighted by molar-refractivity contribution is 6.56. The normalized spacial score (nSPS) is 7.75. The van der Waals surface area contributed by atoms with Gasteiger partial charge in [0.25, 0.3) is 0 Å². The Morgan fingerprint density at radius 3 is 1.15 bits per heavy atom. The fourth-order valence-electron chi connectivity index (χ4n) is 0.794. The van der Waals surface area contributed by atoms with E-state index < -0.39 is 7.32 Å². The van der Waals surface area contributed by atoms with Crippen molar-refractivity contribution < 1.29 is 36.6 Å². The molecule has 14 heteroatoms. The molecule has 0 atom stereocenters. The van der Waals surface area contributed by atoms with Crippen molar-refractivity contribution in [1.29, 1.82) is 0 Å². The average molecular weight is 399 g/mol. The van der Waals surface area contributed by atoms with Crippen molar-refractivity contribution in [2.45, 2.75) is 0 Å². The van der Waals surface area contributed by atoms with Crippen LogP contribution in [0.2, 0.25) is 25.1 Å². The number of halogens is 5. The van der Waals surface area contributed by atoms with Gasteiger partial charge in [-0.05, 0) is 0 Å². The van der Waals surface area contributed by atoms with Crippen molar-refractivity contribution in [2.75, 3.05) is 0 Å². The van der Waals surface area contributed by atoms with E-state index in [0.29, 0.717) is 0 Å². The summed E-state index contributed by atoms with van der Waals surface area (Å²) < 4.78 is 4.51. The molecule has 0 aliphatic heterocycles. The van der Waals surface area contributed by atoms with Gasteiger partial charge >= 0.3 is 7.32 Å². The first-order valence-electron chi connectivity index (χ1n) is 3.40. The second kappa shape index (κ2) is 13.0. The molecule has 0 aliphatic carbocycles. The molecule has 122 valence electrons. The highest BCUT2D eigenvalue weighted by Gasteiger charge is 2.24. The molecule has 1 rings (SSSR count). The van der Waals surface area contributed by atoms with Gasteiger partial charge in [-0.2, -0.15) is 0 Å². The zero-order valence-electron chi connectivity index (χ0n) is 9.48. The lowest BCUT2D eigenvalue weighted by Crippen LogP contribution is -2.21. The van der Waals surface area contributed by atoms with Crippen LogP contribution in [0.15, 0.2) is 0 Å². The maximum absolute atomic E-state index is 8.60. The van der Waals surface area contributed by atoms with Crippen LogP contribution >= 0.6 is 58.0 Å². The number of hydrogen-bond donors (Lipinski definition) is 3. The number of rotatable bonds is 2. The van der Waals surface area contributed by atoms with Crippen LogP contribution in [-0.2, 0) is 0 Å². The molecule has 0 radical (unpaired) electrons. The van der Waals surface area contributed by atoms with E-state index >= 15 is 0 Å². The van der Waals surface area contributed by atoms with E-state index in [-0.39, 0.29) is 58.9 Å². The predicted molar refractivity (Wildman–Crippen MR) is 81.8 cm³/mol. The minimum Gasteiger partial charge on any atom is -0.509 e.